The van der Waals surface area contributed by atoms with Crippen LogP contribution in [0.1, 0.15) is 219 Å². The summed E-state index contributed by atoms with van der Waals surface area (Å²) in [4.78, 5) is 25.1. The molecule has 0 heterocycles. The van der Waals surface area contributed by atoms with Crippen molar-refractivity contribution in [3.8, 4) is 0 Å². The first kappa shape index (κ1) is 40.3. The predicted octanol–water partition coefficient (Wildman–Crippen LogP) is 11.3. The fourth-order valence-electron chi connectivity index (χ4n) is 5.88. The molecular weight excluding hydrogens is 504 g/mol. The van der Waals surface area contributed by atoms with Crippen LogP contribution >= 0.6 is 0 Å². The van der Waals surface area contributed by atoms with Gasteiger partial charge in [-0.2, -0.15) is 0 Å². The molecule has 0 unspecified atom stereocenters. The van der Waals surface area contributed by atoms with Gasteiger partial charge in [-0.15, -0.1) is 0 Å². The molecule has 41 heavy (non-hydrogen) atoms. The Bertz CT molecular complexity index is 527. The third-order valence-corrected chi connectivity index (χ3v) is 8.94. The molecule has 0 aromatic heterocycles. The normalized spacial score (nSPS) is 11.8. The lowest BCUT2D eigenvalue weighted by atomic mass is 9.93. The monoisotopic (exact) mass is 579 g/mol. The van der Waals surface area contributed by atoms with Crippen molar-refractivity contribution >= 4 is 11.6 Å². The van der Waals surface area contributed by atoms with Crippen LogP contribution in [0.3, 0.4) is 0 Å². The number of carbonyl (C=O) groups excluding carboxylic acids is 2. The van der Waals surface area contributed by atoms with Gasteiger partial charge in [0.2, 0.25) is 0 Å². The van der Waals surface area contributed by atoms with Gasteiger partial charge in [-0.1, -0.05) is 194 Å². The Kier molecular flexibility index (Phi) is 30.2. The first-order chi connectivity index (χ1) is 20.0. The summed E-state index contributed by atoms with van der Waals surface area (Å²) in [5.41, 5.74) is 10.2. The maximum atomic E-state index is 12.5. The first-order valence-electron chi connectivity index (χ1n) is 18.6. The number of Topliss-reactive ketones (excluding diaryl/α,β-unsaturated/α-hetero) is 2. The van der Waals surface area contributed by atoms with Crippen LogP contribution in [-0.4, -0.2) is 17.2 Å². The molecule has 244 valence electrons. The van der Waals surface area contributed by atoms with Crippen LogP contribution in [0.15, 0.2) is 0 Å². The van der Waals surface area contributed by atoms with Gasteiger partial charge in [-0.25, -0.2) is 0 Å². The molecule has 0 aromatic carbocycles. The zero-order chi connectivity index (χ0) is 30.3. The summed E-state index contributed by atoms with van der Waals surface area (Å²) in [5, 5.41) is 0. The lowest BCUT2D eigenvalue weighted by Crippen LogP contribution is -2.62. The molecule has 0 aliphatic carbocycles. The van der Waals surface area contributed by atoms with Crippen LogP contribution in [-0.2, 0) is 9.59 Å². The molecule has 4 heteroatoms. The Morgan fingerprint density at radius 2 is 0.512 bits per heavy atom. The summed E-state index contributed by atoms with van der Waals surface area (Å²) in [6.07, 6.45) is 39.3. The highest BCUT2D eigenvalue weighted by Gasteiger charge is 2.35. The number of hydrogen-bond donors (Lipinski definition) is 2. The van der Waals surface area contributed by atoms with E-state index in [0.29, 0.717) is 12.8 Å². The van der Waals surface area contributed by atoms with Gasteiger partial charge in [-0.05, 0) is 12.8 Å². The van der Waals surface area contributed by atoms with Gasteiger partial charge in [0.1, 0.15) is 0 Å². The number of carbonyl (C=O) groups is 2. The molecule has 0 rings (SSSR count). The van der Waals surface area contributed by atoms with E-state index in [-0.39, 0.29) is 11.6 Å². The van der Waals surface area contributed by atoms with E-state index in [2.05, 4.69) is 13.8 Å². The van der Waals surface area contributed by atoms with Crippen LogP contribution < -0.4 is 11.5 Å². The third-order valence-electron chi connectivity index (χ3n) is 8.94. The number of hydrogen-bond acceptors (Lipinski definition) is 4. The maximum absolute atomic E-state index is 12.5. The van der Waals surface area contributed by atoms with E-state index >= 15 is 0 Å². The van der Waals surface area contributed by atoms with Crippen molar-refractivity contribution in [1.29, 1.82) is 0 Å². The second-order valence-electron chi connectivity index (χ2n) is 13.1. The van der Waals surface area contributed by atoms with Crippen molar-refractivity contribution in [3.63, 3.8) is 0 Å². The van der Waals surface area contributed by atoms with Crippen molar-refractivity contribution in [2.45, 2.75) is 225 Å². The number of nitrogens with two attached hydrogens (primary N) is 2. The molecule has 0 atom stereocenters. The Morgan fingerprint density at radius 3 is 0.707 bits per heavy atom. The van der Waals surface area contributed by atoms with Crippen molar-refractivity contribution in [2.24, 2.45) is 11.5 Å². The predicted molar refractivity (Wildman–Crippen MR) is 180 cm³/mol. The second kappa shape index (κ2) is 30.7. The van der Waals surface area contributed by atoms with Crippen molar-refractivity contribution in [2.75, 3.05) is 0 Å². The largest absolute Gasteiger partial charge is 0.301 e. The van der Waals surface area contributed by atoms with Gasteiger partial charge in [0.25, 0.3) is 0 Å². The fraction of sp³-hybridized carbons (Fsp3) is 0.946. The molecule has 0 fully saturated rings. The van der Waals surface area contributed by atoms with Crippen molar-refractivity contribution in [1.82, 2.24) is 0 Å². The van der Waals surface area contributed by atoms with Crippen LogP contribution in [0, 0.1) is 0 Å². The minimum absolute atomic E-state index is 0.279. The van der Waals surface area contributed by atoms with Gasteiger partial charge >= 0.3 is 0 Å². The minimum Gasteiger partial charge on any atom is -0.301 e. The molecule has 0 saturated heterocycles. The Hall–Kier alpha value is -0.740. The molecule has 0 spiro atoms. The standard InChI is InChI=1S/C37H74N2O2/c1-3-5-7-9-11-13-15-17-19-21-23-25-27-29-31-33-35(40)37(38,39)36(41)34-32-30-28-26-24-22-20-18-16-14-12-10-8-6-4-2/h3-34,38-39H2,1-2H3. The summed E-state index contributed by atoms with van der Waals surface area (Å²) >= 11 is 0. The molecule has 0 bridgehead atoms. The topological polar surface area (TPSA) is 86.2 Å². The average molecular weight is 579 g/mol. The number of unbranched alkanes of at least 4 members (excludes halogenated alkanes) is 28. The summed E-state index contributed by atoms with van der Waals surface area (Å²) in [5.74, 6) is -0.559. The Morgan fingerprint density at radius 1 is 0.341 bits per heavy atom. The highest BCUT2D eigenvalue weighted by Crippen LogP contribution is 2.17. The molecule has 4 N–H and O–H groups in total. The lowest BCUT2D eigenvalue weighted by Gasteiger charge is -2.21. The first-order valence-corrected chi connectivity index (χ1v) is 18.6. The molecule has 0 saturated carbocycles. The SMILES string of the molecule is CCCCCCCCCCCCCCCCCC(=O)C(N)(N)C(=O)CCCCCCCCCCCCCCCCC. The van der Waals surface area contributed by atoms with Crippen molar-refractivity contribution in [3.05, 3.63) is 0 Å². The third kappa shape index (κ3) is 26.6. The Labute approximate surface area is 257 Å². The van der Waals surface area contributed by atoms with E-state index in [4.69, 9.17) is 11.5 Å². The van der Waals surface area contributed by atoms with Crippen LogP contribution in [0.4, 0.5) is 0 Å². The van der Waals surface area contributed by atoms with Gasteiger partial charge in [0, 0.05) is 12.8 Å². The smallest absolute Gasteiger partial charge is 0.184 e. The molecule has 0 aromatic rings. The number of ketones is 2. The van der Waals surface area contributed by atoms with E-state index in [1.807, 2.05) is 0 Å². The molecule has 0 amide bonds. The van der Waals surface area contributed by atoms with E-state index < -0.39 is 5.66 Å². The van der Waals surface area contributed by atoms with E-state index in [9.17, 15) is 9.59 Å². The molecule has 0 aliphatic heterocycles. The van der Waals surface area contributed by atoms with Gasteiger partial charge in [0.15, 0.2) is 17.2 Å². The summed E-state index contributed by atoms with van der Waals surface area (Å²) in [6, 6.07) is 0. The van der Waals surface area contributed by atoms with Gasteiger partial charge in [0.05, 0.1) is 0 Å². The molecule has 0 radical (unpaired) electrons. The highest BCUT2D eigenvalue weighted by molar-refractivity contribution is 6.10. The summed E-state index contributed by atoms with van der Waals surface area (Å²) in [6.45, 7) is 4.55. The molecule has 4 nitrogen and oxygen atoms in total. The Balaban J connectivity index is 3.55. The lowest BCUT2D eigenvalue weighted by molar-refractivity contribution is -0.134. The van der Waals surface area contributed by atoms with Gasteiger partial charge in [-0.3, -0.25) is 9.59 Å². The zero-order valence-electron chi connectivity index (χ0n) is 28.1. The van der Waals surface area contributed by atoms with E-state index in [1.54, 1.807) is 0 Å². The zero-order valence-corrected chi connectivity index (χ0v) is 28.1. The van der Waals surface area contributed by atoms with Crippen LogP contribution in [0.2, 0.25) is 0 Å². The second-order valence-corrected chi connectivity index (χ2v) is 13.1. The van der Waals surface area contributed by atoms with Crippen molar-refractivity contribution < 1.29 is 9.59 Å². The molecular formula is C37H74N2O2. The summed E-state index contributed by atoms with van der Waals surface area (Å²) < 4.78 is 0. The molecule has 0 aliphatic rings. The highest BCUT2D eigenvalue weighted by atomic mass is 16.2. The fourth-order valence-corrected chi connectivity index (χ4v) is 5.88. The van der Waals surface area contributed by atoms with E-state index in [1.165, 1.54) is 154 Å². The average Bonchev–Trinajstić information content (AvgIpc) is 2.96. The van der Waals surface area contributed by atoms with Crippen LogP contribution in [0.5, 0.6) is 0 Å². The van der Waals surface area contributed by atoms with E-state index in [0.717, 1.165) is 38.5 Å². The maximum Gasteiger partial charge on any atom is 0.184 e. The van der Waals surface area contributed by atoms with Crippen LogP contribution in [0.25, 0.3) is 0 Å². The van der Waals surface area contributed by atoms with Gasteiger partial charge < -0.3 is 11.5 Å². The number of rotatable bonds is 34. The summed E-state index contributed by atoms with van der Waals surface area (Å²) in [7, 11) is 0. The quantitative estimate of drug-likeness (QED) is 0.0451. The minimum atomic E-state index is -1.79.